The highest BCUT2D eigenvalue weighted by Crippen LogP contribution is 2.24. The molecule has 2 aliphatic rings. The van der Waals surface area contributed by atoms with Crippen LogP contribution in [0.5, 0.6) is 0 Å². The summed E-state index contributed by atoms with van der Waals surface area (Å²) in [5, 5.41) is 5.08. The number of hydrazone groups is 1. The van der Waals surface area contributed by atoms with Gasteiger partial charge in [0.25, 0.3) is 11.1 Å². The monoisotopic (exact) mass is 423 g/mol. The number of rotatable bonds is 2. The lowest BCUT2D eigenvalue weighted by Gasteiger charge is -2.02. The smallest absolute Gasteiger partial charge is 0.260 e. The van der Waals surface area contributed by atoms with E-state index in [1.165, 1.54) is 80.6 Å². The molecule has 3 heterocycles. The van der Waals surface area contributed by atoms with Crippen LogP contribution in [0, 0.1) is 0 Å². The molecule has 0 aromatic carbocycles. The highest BCUT2D eigenvalue weighted by molar-refractivity contribution is 5.85. The van der Waals surface area contributed by atoms with Crippen LogP contribution in [-0.4, -0.2) is 30.6 Å². The van der Waals surface area contributed by atoms with Gasteiger partial charge >= 0.3 is 0 Å². The average molecular weight is 424 g/mol. The second kappa shape index (κ2) is 10.2. The van der Waals surface area contributed by atoms with Gasteiger partial charge < -0.3 is 15.0 Å². The van der Waals surface area contributed by atoms with Gasteiger partial charge in [-0.3, -0.25) is 15.0 Å². The van der Waals surface area contributed by atoms with Crippen molar-refractivity contribution in [1.29, 1.82) is 0 Å². The van der Waals surface area contributed by atoms with Crippen molar-refractivity contribution in [2.24, 2.45) is 5.10 Å². The predicted octanol–water partition coefficient (Wildman–Crippen LogP) is 3.41. The summed E-state index contributed by atoms with van der Waals surface area (Å²) in [5.74, 6) is 0.500. The molecule has 1 fully saturated rings. The minimum Gasteiger partial charge on any atom is -0.343 e. The van der Waals surface area contributed by atoms with Gasteiger partial charge in [0.05, 0.1) is 18.0 Å². The number of nitrogens with zero attached hydrogens (tertiary/aromatic N) is 3. The molecule has 1 saturated carbocycles. The van der Waals surface area contributed by atoms with Crippen LogP contribution in [0.25, 0.3) is 11.0 Å². The number of aryl methyl sites for hydroxylation is 2. The molecule has 0 spiro atoms. The van der Waals surface area contributed by atoms with Gasteiger partial charge in [-0.05, 0) is 56.9 Å². The van der Waals surface area contributed by atoms with Crippen molar-refractivity contribution in [3.05, 3.63) is 50.7 Å². The Morgan fingerprint density at radius 3 is 2.35 bits per heavy atom. The minimum atomic E-state index is -0.168. The number of aromatic amines is 3. The van der Waals surface area contributed by atoms with Crippen LogP contribution in [0.2, 0.25) is 0 Å². The maximum Gasteiger partial charge on any atom is 0.260 e. The van der Waals surface area contributed by atoms with E-state index in [0.29, 0.717) is 5.82 Å². The van der Waals surface area contributed by atoms with Crippen LogP contribution in [0.4, 0.5) is 5.82 Å². The molecule has 0 aliphatic heterocycles. The van der Waals surface area contributed by atoms with Crippen molar-refractivity contribution in [3.63, 3.8) is 0 Å². The molecule has 9 nitrogen and oxygen atoms in total. The molecule has 4 N–H and O–H groups in total. The van der Waals surface area contributed by atoms with Crippen molar-refractivity contribution in [1.82, 2.24) is 24.9 Å². The topological polar surface area (TPSA) is 132 Å². The fraction of sp³-hybridized carbons (Fsp3) is 0.500. The first-order valence-electron chi connectivity index (χ1n) is 11.1. The molecule has 3 aromatic rings. The van der Waals surface area contributed by atoms with Gasteiger partial charge in [-0.25, -0.2) is 9.97 Å². The number of H-pyrrole nitrogens is 3. The molecule has 0 saturated heterocycles. The van der Waals surface area contributed by atoms with Crippen molar-refractivity contribution >= 4 is 22.6 Å². The van der Waals surface area contributed by atoms with Crippen LogP contribution >= 0.6 is 0 Å². The minimum absolute atomic E-state index is 0.0144. The van der Waals surface area contributed by atoms with E-state index in [1.54, 1.807) is 0 Å². The Morgan fingerprint density at radius 1 is 0.839 bits per heavy atom. The van der Waals surface area contributed by atoms with Gasteiger partial charge in [-0.1, -0.05) is 19.3 Å². The first-order chi connectivity index (χ1) is 15.2. The Bertz CT molecular complexity index is 1150. The molecule has 9 heteroatoms. The molecule has 0 radical (unpaired) electrons. The lowest BCUT2D eigenvalue weighted by Crippen LogP contribution is -2.07. The standard InChI is InChI=1S/C11H16N4O.C11H13N3O/c16-11-7-10(12-8-13-11)15-14-9-5-3-1-2-4-6-9;15-11-9-7-4-2-1-3-5-8(7)14-10(9)12-6-13-11/h7-8H,1-6H2,(H2,12,13,15,16);6H,1-5H2,(H2,12,13,14,15). The SMILES string of the molecule is O=c1[nH]cnc2[nH]c3c(c12)CCCCC3.O=c1cc(NN=C2CCCCCC2)nc[nH]1. The van der Waals surface area contributed by atoms with Gasteiger partial charge in [0.15, 0.2) is 5.82 Å². The van der Waals surface area contributed by atoms with Crippen LogP contribution in [-0.2, 0) is 12.8 Å². The molecule has 0 amide bonds. The van der Waals surface area contributed by atoms with E-state index in [-0.39, 0.29) is 11.1 Å². The zero-order valence-electron chi connectivity index (χ0n) is 17.7. The molecule has 2 aliphatic carbocycles. The fourth-order valence-electron chi connectivity index (χ4n) is 4.23. The molecular weight excluding hydrogens is 394 g/mol. The van der Waals surface area contributed by atoms with E-state index >= 15 is 0 Å². The number of anilines is 1. The summed E-state index contributed by atoms with van der Waals surface area (Å²) in [6.07, 6.45) is 15.6. The molecular formula is C22H29N7O2. The summed E-state index contributed by atoms with van der Waals surface area (Å²) in [7, 11) is 0. The Balaban J connectivity index is 0.000000149. The Hall–Kier alpha value is -3.23. The summed E-state index contributed by atoms with van der Waals surface area (Å²) in [6, 6.07) is 1.40. The number of fused-ring (bicyclic) bond motifs is 3. The van der Waals surface area contributed by atoms with Crippen molar-refractivity contribution in [3.8, 4) is 0 Å². The lowest BCUT2D eigenvalue weighted by molar-refractivity contribution is 0.702. The largest absolute Gasteiger partial charge is 0.343 e. The summed E-state index contributed by atoms with van der Waals surface area (Å²) in [6.45, 7) is 0. The summed E-state index contributed by atoms with van der Waals surface area (Å²) < 4.78 is 0. The van der Waals surface area contributed by atoms with Crippen LogP contribution < -0.4 is 16.5 Å². The Kier molecular flexibility index (Phi) is 6.91. The van der Waals surface area contributed by atoms with E-state index in [0.717, 1.165) is 36.7 Å². The maximum absolute atomic E-state index is 11.7. The van der Waals surface area contributed by atoms with Crippen molar-refractivity contribution in [2.75, 3.05) is 5.43 Å². The molecule has 5 rings (SSSR count). The molecule has 31 heavy (non-hydrogen) atoms. The van der Waals surface area contributed by atoms with Crippen LogP contribution in [0.15, 0.2) is 33.4 Å². The number of aromatic nitrogens is 5. The molecule has 3 aromatic heterocycles. The average Bonchev–Trinajstić information content (AvgIpc) is 2.95. The lowest BCUT2D eigenvalue weighted by atomic mass is 10.1. The summed E-state index contributed by atoms with van der Waals surface area (Å²) in [4.78, 5) is 39.2. The highest BCUT2D eigenvalue weighted by Gasteiger charge is 2.16. The molecule has 0 unspecified atom stereocenters. The van der Waals surface area contributed by atoms with Crippen molar-refractivity contribution < 1.29 is 0 Å². The summed E-state index contributed by atoms with van der Waals surface area (Å²) >= 11 is 0. The third-order valence-electron chi connectivity index (χ3n) is 5.83. The Morgan fingerprint density at radius 2 is 1.55 bits per heavy atom. The van der Waals surface area contributed by atoms with Gasteiger partial charge in [-0.2, -0.15) is 5.10 Å². The molecule has 0 atom stereocenters. The fourth-order valence-corrected chi connectivity index (χ4v) is 4.23. The number of hydrogen-bond donors (Lipinski definition) is 4. The van der Waals surface area contributed by atoms with E-state index in [4.69, 9.17) is 0 Å². The van der Waals surface area contributed by atoms with Gasteiger partial charge in [-0.15, -0.1) is 0 Å². The van der Waals surface area contributed by atoms with Gasteiger partial charge in [0.1, 0.15) is 5.65 Å². The van der Waals surface area contributed by atoms with Crippen LogP contribution in [0.1, 0.15) is 69.0 Å². The zero-order valence-corrected chi connectivity index (χ0v) is 17.7. The Labute approximate surface area is 179 Å². The third kappa shape index (κ3) is 5.48. The first-order valence-corrected chi connectivity index (χ1v) is 11.1. The normalized spacial score (nSPS) is 16.5. The third-order valence-corrected chi connectivity index (χ3v) is 5.83. The zero-order chi connectivity index (χ0) is 21.5. The highest BCUT2D eigenvalue weighted by atomic mass is 16.1. The van der Waals surface area contributed by atoms with Gasteiger partial charge in [0, 0.05) is 17.5 Å². The number of hydrogen-bond acceptors (Lipinski definition) is 6. The van der Waals surface area contributed by atoms with E-state index in [1.807, 2.05) is 0 Å². The van der Waals surface area contributed by atoms with E-state index in [2.05, 4.69) is 35.4 Å². The molecule has 164 valence electrons. The first kappa shape index (κ1) is 21.0. The number of nitrogens with one attached hydrogen (secondary N) is 4. The van der Waals surface area contributed by atoms with Gasteiger partial charge in [0.2, 0.25) is 0 Å². The quantitative estimate of drug-likeness (QED) is 0.285. The maximum atomic E-state index is 11.7. The molecule has 0 bridgehead atoms. The van der Waals surface area contributed by atoms with E-state index in [9.17, 15) is 9.59 Å². The second-order valence-electron chi connectivity index (χ2n) is 8.10. The summed E-state index contributed by atoms with van der Waals surface area (Å²) in [5.41, 5.74) is 6.98. The second-order valence-corrected chi connectivity index (χ2v) is 8.10. The van der Waals surface area contributed by atoms with Crippen LogP contribution in [0.3, 0.4) is 0 Å². The predicted molar refractivity (Wildman–Crippen MR) is 122 cm³/mol. The van der Waals surface area contributed by atoms with Crippen molar-refractivity contribution in [2.45, 2.75) is 70.6 Å². The van der Waals surface area contributed by atoms with E-state index < -0.39 is 0 Å².